The van der Waals surface area contributed by atoms with E-state index in [1.807, 2.05) is 68.8 Å². The van der Waals surface area contributed by atoms with Crippen molar-refractivity contribution in [2.75, 3.05) is 20.6 Å². The van der Waals surface area contributed by atoms with Crippen LogP contribution in [0.25, 0.3) is 0 Å². The van der Waals surface area contributed by atoms with Gasteiger partial charge in [0.15, 0.2) is 0 Å². The Labute approximate surface area is 164 Å². The molecule has 0 fully saturated rings. The van der Waals surface area contributed by atoms with E-state index in [0.717, 1.165) is 11.1 Å². The molecule has 1 N–H and O–H groups in total. The smallest absolute Gasteiger partial charge is 0.227 e. The summed E-state index contributed by atoms with van der Waals surface area (Å²) in [5.41, 5.74) is 2.08. The van der Waals surface area contributed by atoms with Crippen LogP contribution >= 0.6 is 11.3 Å². The predicted octanol–water partition coefficient (Wildman–Crippen LogP) is 3.89. The first-order valence-electron chi connectivity index (χ1n) is 9.06. The van der Waals surface area contributed by atoms with Gasteiger partial charge in [-0.2, -0.15) is 0 Å². The van der Waals surface area contributed by atoms with E-state index in [-0.39, 0.29) is 17.9 Å². The molecule has 5 heteroatoms. The molecular formula is C22H25N3OS. The molecule has 0 aliphatic rings. The molecule has 1 amide bonds. The molecule has 0 radical (unpaired) electrons. The monoisotopic (exact) mass is 379 g/mol. The van der Waals surface area contributed by atoms with E-state index in [4.69, 9.17) is 0 Å². The van der Waals surface area contributed by atoms with Crippen molar-refractivity contribution in [3.05, 3.63) is 88.4 Å². The zero-order valence-corrected chi connectivity index (χ0v) is 16.5. The number of hydrogen-bond acceptors (Lipinski definition) is 4. The van der Waals surface area contributed by atoms with Crippen molar-refractivity contribution in [1.29, 1.82) is 0 Å². The topological polar surface area (TPSA) is 45.2 Å². The average molecular weight is 380 g/mol. The minimum Gasteiger partial charge on any atom is -0.354 e. The molecule has 1 aromatic carbocycles. The van der Waals surface area contributed by atoms with E-state index < -0.39 is 0 Å². The first-order valence-corrected chi connectivity index (χ1v) is 9.94. The molecule has 2 unspecified atom stereocenters. The fraction of sp³-hybridized carbons (Fsp3) is 0.273. The van der Waals surface area contributed by atoms with E-state index in [1.54, 1.807) is 17.5 Å². The van der Waals surface area contributed by atoms with Crippen LogP contribution in [0.5, 0.6) is 0 Å². The first-order chi connectivity index (χ1) is 13.1. The molecule has 0 spiro atoms. The van der Waals surface area contributed by atoms with Crippen molar-refractivity contribution in [2.24, 2.45) is 0 Å². The van der Waals surface area contributed by atoms with Crippen LogP contribution in [-0.2, 0) is 11.2 Å². The molecule has 4 nitrogen and oxygen atoms in total. The number of likely N-dealkylation sites (N-methyl/N-ethyl adjacent to an activating group) is 1. The fourth-order valence-corrected chi connectivity index (χ4v) is 4.06. The zero-order valence-electron chi connectivity index (χ0n) is 15.7. The Morgan fingerprint density at radius 2 is 1.93 bits per heavy atom. The summed E-state index contributed by atoms with van der Waals surface area (Å²) in [6.07, 6.45) is 4.22. The maximum absolute atomic E-state index is 13.1. The van der Waals surface area contributed by atoms with Gasteiger partial charge < -0.3 is 10.2 Å². The molecule has 3 aromatic rings. The van der Waals surface area contributed by atoms with E-state index in [0.29, 0.717) is 13.0 Å². The van der Waals surface area contributed by atoms with Crippen molar-refractivity contribution in [1.82, 2.24) is 15.2 Å². The first kappa shape index (κ1) is 19.3. The third-order valence-electron chi connectivity index (χ3n) is 4.65. The molecule has 140 valence electrons. The summed E-state index contributed by atoms with van der Waals surface area (Å²) >= 11 is 1.72. The number of pyridine rings is 1. The highest BCUT2D eigenvalue weighted by Crippen LogP contribution is 2.24. The fourth-order valence-electron chi connectivity index (χ4n) is 3.14. The van der Waals surface area contributed by atoms with E-state index in [1.165, 1.54) is 4.88 Å². The van der Waals surface area contributed by atoms with E-state index in [2.05, 4.69) is 26.6 Å². The lowest BCUT2D eigenvalue weighted by Crippen LogP contribution is -2.37. The highest BCUT2D eigenvalue weighted by Gasteiger charge is 2.23. The van der Waals surface area contributed by atoms with Crippen molar-refractivity contribution >= 4 is 17.2 Å². The van der Waals surface area contributed by atoms with Crippen LogP contribution in [0.3, 0.4) is 0 Å². The number of aromatic nitrogens is 1. The Morgan fingerprint density at radius 1 is 1.11 bits per heavy atom. The molecule has 0 bridgehead atoms. The number of nitrogens with zero attached hydrogens (tertiary/aromatic N) is 2. The van der Waals surface area contributed by atoms with Crippen LogP contribution in [0.1, 0.15) is 28.0 Å². The van der Waals surface area contributed by atoms with Crippen LogP contribution in [0.2, 0.25) is 0 Å². The van der Waals surface area contributed by atoms with Crippen LogP contribution in [0, 0.1) is 0 Å². The van der Waals surface area contributed by atoms with Gasteiger partial charge in [0.1, 0.15) is 0 Å². The minimum absolute atomic E-state index is 0.0495. The lowest BCUT2D eigenvalue weighted by atomic mass is 9.91. The summed E-state index contributed by atoms with van der Waals surface area (Å²) < 4.78 is 0. The third kappa shape index (κ3) is 5.25. The van der Waals surface area contributed by atoms with Gasteiger partial charge in [-0.3, -0.25) is 9.78 Å². The molecule has 2 atom stereocenters. The Morgan fingerprint density at radius 3 is 2.56 bits per heavy atom. The van der Waals surface area contributed by atoms with Crippen molar-refractivity contribution in [2.45, 2.75) is 18.4 Å². The van der Waals surface area contributed by atoms with Crippen molar-refractivity contribution in [3.63, 3.8) is 0 Å². The summed E-state index contributed by atoms with van der Waals surface area (Å²) in [6, 6.07) is 18.2. The summed E-state index contributed by atoms with van der Waals surface area (Å²) in [7, 11) is 4.09. The lowest BCUT2D eigenvalue weighted by molar-refractivity contribution is -0.122. The third-order valence-corrected chi connectivity index (χ3v) is 5.62. The van der Waals surface area contributed by atoms with Gasteiger partial charge in [-0.05, 0) is 49.2 Å². The average Bonchev–Trinajstić information content (AvgIpc) is 3.22. The summed E-state index contributed by atoms with van der Waals surface area (Å²) in [5, 5.41) is 5.25. The number of hydrogen-bond donors (Lipinski definition) is 1. The highest BCUT2D eigenvalue weighted by atomic mass is 32.1. The van der Waals surface area contributed by atoms with Crippen LogP contribution in [0.15, 0.2) is 72.4 Å². The lowest BCUT2D eigenvalue weighted by Gasteiger charge is -2.25. The Kier molecular flexibility index (Phi) is 6.74. The standard InChI is InChI=1S/C22H25N3OS/c1-25(2)20(21-11-7-13-27-21)16-24-22(26)19(18-9-4-3-5-10-18)14-17-8-6-12-23-15-17/h3-13,15,19-20H,14,16H2,1-2H3,(H,24,26). The second kappa shape index (κ2) is 9.44. The van der Waals surface area contributed by atoms with Gasteiger partial charge in [0.05, 0.1) is 12.0 Å². The summed E-state index contributed by atoms with van der Waals surface area (Å²) in [6.45, 7) is 0.586. The van der Waals surface area contributed by atoms with Crippen molar-refractivity contribution < 1.29 is 4.79 Å². The van der Waals surface area contributed by atoms with Gasteiger partial charge in [-0.1, -0.05) is 42.5 Å². The van der Waals surface area contributed by atoms with Gasteiger partial charge >= 0.3 is 0 Å². The SMILES string of the molecule is CN(C)C(CNC(=O)C(Cc1cccnc1)c1ccccc1)c1cccs1. The van der Waals surface area contributed by atoms with Crippen LogP contribution in [-0.4, -0.2) is 36.4 Å². The number of rotatable bonds is 8. The summed E-state index contributed by atoms with van der Waals surface area (Å²) in [4.78, 5) is 20.7. The largest absolute Gasteiger partial charge is 0.354 e. The maximum atomic E-state index is 13.1. The maximum Gasteiger partial charge on any atom is 0.227 e. The van der Waals surface area contributed by atoms with Gasteiger partial charge in [0, 0.05) is 23.8 Å². The zero-order chi connectivity index (χ0) is 19.1. The number of carbonyl (C=O) groups excluding carboxylic acids is 1. The Bertz CT molecular complexity index is 819. The van der Waals surface area contributed by atoms with Gasteiger partial charge in [0.2, 0.25) is 5.91 Å². The van der Waals surface area contributed by atoms with Gasteiger partial charge in [0.25, 0.3) is 0 Å². The van der Waals surface area contributed by atoms with Crippen LogP contribution in [0.4, 0.5) is 0 Å². The van der Waals surface area contributed by atoms with Crippen LogP contribution < -0.4 is 5.32 Å². The second-order valence-corrected chi connectivity index (χ2v) is 7.75. The molecule has 2 heterocycles. The summed E-state index contributed by atoms with van der Waals surface area (Å²) in [5.74, 6) is -0.185. The molecule has 0 saturated carbocycles. The second-order valence-electron chi connectivity index (χ2n) is 6.77. The molecule has 27 heavy (non-hydrogen) atoms. The molecule has 0 aliphatic carbocycles. The van der Waals surface area contributed by atoms with Gasteiger partial charge in [-0.15, -0.1) is 11.3 Å². The predicted molar refractivity (Wildman–Crippen MR) is 111 cm³/mol. The Hall–Kier alpha value is -2.50. The van der Waals surface area contributed by atoms with Gasteiger partial charge in [-0.25, -0.2) is 0 Å². The normalized spacial score (nSPS) is 13.3. The number of nitrogens with one attached hydrogen (secondary N) is 1. The Balaban J connectivity index is 1.74. The molecular weight excluding hydrogens is 354 g/mol. The number of benzene rings is 1. The molecule has 0 saturated heterocycles. The molecule has 0 aliphatic heterocycles. The van der Waals surface area contributed by atoms with E-state index >= 15 is 0 Å². The van der Waals surface area contributed by atoms with E-state index in [9.17, 15) is 4.79 Å². The minimum atomic E-state index is -0.235. The quantitative estimate of drug-likeness (QED) is 0.646. The molecule has 2 aromatic heterocycles. The molecule has 3 rings (SSSR count). The highest BCUT2D eigenvalue weighted by molar-refractivity contribution is 7.10. The number of thiophene rings is 1. The van der Waals surface area contributed by atoms with Crippen molar-refractivity contribution in [3.8, 4) is 0 Å². The number of carbonyl (C=O) groups is 1. The number of amides is 1.